The van der Waals surface area contributed by atoms with Crippen LogP contribution in [0.15, 0.2) is 30.6 Å². The monoisotopic (exact) mass is 404 g/mol. The van der Waals surface area contributed by atoms with Crippen molar-refractivity contribution in [3.8, 4) is 0 Å². The molecule has 1 rings (SSSR count). The first-order valence-electron chi connectivity index (χ1n) is 13.0. The zero-order valence-electron chi connectivity index (χ0n) is 19.8. The van der Waals surface area contributed by atoms with E-state index in [1.165, 1.54) is 128 Å². The second-order valence-corrected chi connectivity index (χ2v) is 8.53. The Labute approximate surface area is 183 Å². The molecule has 2 nitrogen and oxygen atoms in total. The quantitative estimate of drug-likeness (QED) is 0.220. The van der Waals surface area contributed by atoms with Crippen molar-refractivity contribution in [3.05, 3.63) is 30.6 Å². The van der Waals surface area contributed by atoms with Gasteiger partial charge in [0.25, 0.3) is 0 Å². The van der Waals surface area contributed by atoms with Crippen LogP contribution >= 0.6 is 0 Å². The van der Waals surface area contributed by atoms with Crippen LogP contribution in [0.3, 0.4) is 0 Å². The third-order valence-corrected chi connectivity index (χ3v) is 5.62. The average molecular weight is 405 g/mol. The van der Waals surface area contributed by atoms with E-state index in [0.29, 0.717) is 0 Å². The Kier molecular flexibility index (Phi) is 26.3. The second-order valence-electron chi connectivity index (χ2n) is 8.53. The van der Waals surface area contributed by atoms with Crippen molar-refractivity contribution >= 4 is 0 Å². The fourth-order valence-corrected chi connectivity index (χ4v) is 3.71. The summed E-state index contributed by atoms with van der Waals surface area (Å²) in [6.07, 6.45) is 32.3. The van der Waals surface area contributed by atoms with E-state index in [1.54, 1.807) is 12.4 Å². The number of unbranched alkanes of at least 4 members (excludes halogenated alkanes) is 19. The molecule has 2 heteroatoms. The Morgan fingerprint density at radius 3 is 0.966 bits per heavy atom. The fraction of sp³-hybridized carbons (Fsp3) is 0.815. The van der Waals surface area contributed by atoms with Gasteiger partial charge in [0.1, 0.15) is 0 Å². The molecule has 0 saturated carbocycles. The van der Waals surface area contributed by atoms with Gasteiger partial charge >= 0.3 is 0 Å². The van der Waals surface area contributed by atoms with Crippen LogP contribution in [-0.2, 0) is 0 Å². The van der Waals surface area contributed by atoms with E-state index in [-0.39, 0.29) is 0 Å². The Morgan fingerprint density at radius 1 is 0.448 bits per heavy atom. The maximum Gasteiger partial charge on any atom is 0.0267 e. The molecule has 0 aromatic carbocycles. The molecule has 0 fully saturated rings. The van der Waals surface area contributed by atoms with Crippen molar-refractivity contribution < 1.29 is 0 Å². The summed E-state index contributed by atoms with van der Waals surface area (Å²) in [5.41, 5.74) is 5.51. The zero-order valence-corrected chi connectivity index (χ0v) is 19.8. The second kappa shape index (κ2) is 27.1. The van der Waals surface area contributed by atoms with E-state index < -0.39 is 0 Å². The maximum absolute atomic E-state index is 5.51. The number of aromatic nitrogens is 1. The molecule has 0 saturated heterocycles. The highest BCUT2D eigenvalue weighted by molar-refractivity contribution is 4.88. The number of hydrogen-bond acceptors (Lipinski definition) is 2. The van der Waals surface area contributed by atoms with Crippen LogP contribution in [0.25, 0.3) is 0 Å². The minimum atomic E-state index is 0.874. The summed E-state index contributed by atoms with van der Waals surface area (Å²) >= 11 is 0. The number of pyridine rings is 1. The number of nitrogens with two attached hydrogens (primary N) is 1. The topological polar surface area (TPSA) is 38.9 Å². The van der Waals surface area contributed by atoms with Crippen molar-refractivity contribution in [2.75, 3.05) is 6.54 Å². The molecular formula is C27H52N2. The third-order valence-electron chi connectivity index (χ3n) is 5.62. The van der Waals surface area contributed by atoms with Crippen LogP contribution in [0.5, 0.6) is 0 Å². The van der Waals surface area contributed by atoms with Crippen LogP contribution in [0.2, 0.25) is 0 Å². The molecule has 170 valence electrons. The first-order valence-corrected chi connectivity index (χ1v) is 13.0. The van der Waals surface area contributed by atoms with Gasteiger partial charge in [0, 0.05) is 12.4 Å². The number of rotatable bonds is 20. The molecule has 0 spiro atoms. The lowest BCUT2D eigenvalue weighted by Gasteiger charge is -2.04. The van der Waals surface area contributed by atoms with Crippen molar-refractivity contribution in [1.29, 1.82) is 0 Å². The van der Waals surface area contributed by atoms with Gasteiger partial charge in [-0.25, -0.2) is 0 Å². The van der Waals surface area contributed by atoms with E-state index in [0.717, 1.165) is 6.54 Å². The van der Waals surface area contributed by atoms with Gasteiger partial charge in [-0.3, -0.25) is 4.98 Å². The highest BCUT2D eigenvalue weighted by atomic mass is 14.6. The van der Waals surface area contributed by atoms with Crippen LogP contribution in [-0.4, -0.2) is 11.5 Å². The summed E-state index contributed by atoms with van der Waals surface area (Å²) in [7, 11) is 0. The van der Waals surface area contributed by atoms with Gasteiger partial charge in [-0.1, -0.05) is 135 Å². The van der Waals surface area contributed by atoms with Gasteiger partial charge in [-0.15, -0.1) is 0 Å². The fourth-order valence-electron chi connectivity index (χ4n) is 3.71. The molecule has 0 unspecified atom stereocenters. The summed E-state index contributed by atoms with van der Waals surface area (Å²) in [4.78, 5) is 3.78. The van der Waals surface area contributed by atoms with E-state index in [4.69, 9.17) is 5.73 Å². The van der Waals surface area contributed by atoms with Gasteiger partial charge in [-0.05, 0) is 25.1 Å². The minimum absolute atomic E-state index is 0.874. The molecule has 0 bridgehead atoms. The third kappa shape index (κ3) is 27.1. The molecule has 0 aliphatic rings. The lowest BCUT2D eigenvalue weighted by atomic mass is 10.0. The summed E-state index contributed by atoms with van der Waals surface area (Å²) < 4.78 is 0. The Bertz CT molecular complexity index is 319. The Balaban J connectivity index is 0.00000110. The predicted octanol–water partition coefficient (Wildman–Crippen LogP) is 8.85. The zero-order chi connectivity index (χ0) is 21.1. The summed E-state index contributed by atoms with van der Waals surface area (Å²) in [5.74, 6) is 0. The Morgan fingerprint density at radius 2 is 0.759 bits per heavy atom. The first kappa shape index (κ1) is 28.1. The lowest BCUT2D eigenvalue weighted by molar-refractivity contribution is 0.522. The van der Waals surface area contributed by atoms with Gasteiger partial charge in [-0.2, -0.15) is 0 Å². The van der Waals surface area contributed by atoms with Gasteiger partial charge < -0.3 is 5.73 Å². The van der Waals surface area contributed by atoms with Crippen molar-refractivity contribution in [2.24, 2.45) is 5.73 Å². The highest BCUT2D eigenvalue weighted by Gasteiger charge is 1.95. The van der Waals surface area contributed by atoms with Crippen LogP contribution in [0.1, 0.15) is 135 Å². The van der Waals surface area contributed by atoms with Crippen molar-refractivity contribution in [1.82, 2.24) is 4.98 Å². The number of nitrogens with zero attached hydrogens (tertiary/aromatic N) is 1. The van der Waals surface area contributed by atoms with Gasteiger partial charge in [0.15, 0.2) is 0 Å². The summed E-state index contributed by atoms with van der Waals surface area (Å²) in [6.45, 7) is 3.17. The molecule has 0 amide bonds. The molecule has 0 atom stereocenters. The van der Waals surface area contributed by atoms with E-state index in [2.05, 4.69) is 11.9 Å². The minimum Gasteiger partial charge on any atom is -0.330 e. The molecule has 2 N–H and O–H groups in total. The van der Waals surface area contributed by atoms with E-state index in [9.17, 15) is 0 Å². The molecule has 0 radical (unpaired) electrons. The van der Waals surface area contributed by atoms with E-state index >= 15 is 0 Å². The maximum atomic E-state index is 5.51. The van der Waals surface area contributed by atoms with E-state index in [1.807, 2.05) is 18.2 Å². The van der Waals surface area contributed by atoms with Crippen LogP contribution < -0.4 is 5.73 Å². The van der Waals surface area contributed by atoms with Gasteiger partial charge in [0.2, 0.25) is 0 Å². The van der Waals surface area contributed by atoms with Crippen LogP contribution in [0.4, 0.5) is 0 Å². The van der Waals surface area contributed by atoms with Gasteiger partial charge in [0.05, 0.1) is 0 Å². The molecule has 0 aliphatic heterocycles. The SMILES string of the molecule is CCCCCCCCCCCCCCCCCCCCCCN.c1ccncc1. The molecule has 1 aromatic heterocycles. The Hall–Kier alpha value is -0.890. The molecular weight excluding hydrogens is 352 g/mol. The lowest BCUT2D eigenvalue weighted by Crippen LogP contribution is -1.97. The molecule has 1 aromatic rings. The molecule has 29 heavy (non-hydrogen) atoms. The van der Waals surface area contributed by atoms with Crippen molar-refractivity contribution in [2.45, 2.75) is 135 Å². The van der Waals surface area contributed by atoms with Crippen LogP contribution in [0, 0.1) is 0 Å². The van der Waals surface area contributed by atoms with Crippen molar-refractivity contribution in [3.63, 3.8) is 0 Å². The smallest absolute Gasteiger partial charge is 0.0267 e. The summed E-state index contributed by atoms with van der Waals surface area (Å²) in [5, 5.41) is 0. The predicted molar refractivity (Wildman–Crippen MR) is 131 cm³/mol. The number of hydrogen-bond donors (Lipinski definition) is 1. The standard InChI is InChI=1S/C22H47N.C5H5N/c1-2-3-4-5-6-7-8-9-10-11-12-13-14-15-16-17-18-19-20-21-22-23;1-2-4-6-5-3-1/h2-23H2,1H3;1-5H. The highest BCUT2D eigenvalue weighted by Crippen LogP contribution is 2.14. The molecule has 1 heterocycles. The average Bonchev–Trinajstić information content (AvgIpc) is 2.77. The summed E-state index contributed by atoms with van der Waals surface area (Å²) in [6, 6.07) is 5.72. The normalized spacial score (nSPS) is 10.6. The molecule has 0 aliphatic carbocycles. The first-order chi connectivity index (χ1) is 14.4. The largest absolute Gasteiger partial charge is 0.330 e.